The van der Waals surface area contributed by atoms with Crippen LogP contribution in [0.3, 0.4) is 0 Å². The van der Waals surface area contributed by atoms with Crippen molar-refractivity contribution in [2.24, 2.45) is 0 Å². The number of ether oxygens (including phenoxy) is 1. The van der Waals surface area contributed by atoms with Crippen LogP contribution in [0.5, 0.6) is 0 Å². The first-order valence-electron chi connectivity index (χ1n) is 7.98. The maximum Gasteiger partial charge on any atom is 0.0770 e. The summed E-state index contributed by atoms with van der Waals surface area (Å²) < 4.78 is 5.90. The molecule has 0 amide bonds. The zero-order valence-corrected chi connectivity index (χ0v) is 13.4. The van der Waals surface area contributed by atoms with Crippen molar-refractivity contribution in [3.63, 3.8) is 0 Å². The maximum absolute atomic E-state index is 5.90. The molecule has 1 aliphatic heterocycles. The first-order valence-corrected chi connectivity index (χ1v) is 7.98. The highest BCUT2D eigenvalue weighted by molar-refractivity contribution is 5.30. The highest BCUT2D eigenvalue weighted by Crippen LogP contribution is 2.29. The van der Waals surface area contributed by atoms with Gasteiger partial charge in [-0.3, -0.25) is 0 Å². The molecule has 0 bridgehead atoms. The average Bonchev–Trinajstić information content (AvgIpc) is 2.93. The van der Waals surface area contributed by atoms with Gasteiger partial charge >= 0.3 is 0 Å². The maximum atomic E-state index is 5.90. The zero-order valence-electron chi connectivity index (χ0n) is 13.4. The molecule has 112 valence electrons. The van der Waals surface area contributed by atoms with Crippen molar-refractivity contribution in [3.05, 3.63) is 35.4 Å². The number of nitrogens with one attached hydrogen (secondary N) is 1. The summed E-state index contributed by atoms with van der Waals surface area (Å²) in [6.07, 6.45) is 3.85. The standard InChI is InChI=1S/C18H29NO/c1-5-12-19-17(16-7-6-13-20-16)14-8-10-15(11-9-14)18(2,3)4/h8-11,16-17,19H,5-7,12-13H2,1-4H3. The Morgan fingerprint density at radius 1 is 1.25 bits per heavy atom. The molecule has 1 aliphatic rings. The van der Waals surface area contributed by atoms with E-state index in [4.69, 9.17) is 4.74 Å². The second-order valence-electron chi connectivity index (χ2n) is 6.86. The molecule has 20 heavy (non-hydrogen) atoms. The molecule has 2 heteroatoms. The largest absolute Gasteiger partial charge is 0.376 e. The van der Waals surface area contributed by atoms with Gasteiger partial charge in [0.1, 0.15) is 0 Å². The third-order valence-electron chi connectivity index (χ3n) is 4.09. The van der Waals surface area contributed by atoms with Crippen LogP contribution in [0.2, 0.25) is 0 Å². The minimum absolute atomic E-state index is 0.217. The van der Waals surface area contributed by atoms with Gasteiger partial charge in [0, 0.05) is 6.61 Å². The Morgan fingerprint density at radius 2 is 1.95 bits per heavy atom. The monoisotopic (exact) mass is 275 g/mol. The van der Waals surface area contributed by atoms with E-state index in [1.807, 2.05) is 0 Å². The quantitative estimate of drug-likeness (QED) is 0.869. The first kappa shape index (κ1) is 15.5. The normalized spacial score (nSPS) is 21.1. The lowest BCUT2D eigenvalue weighted by Gasteiger charge is -2.26. The molecule has 0 aromatic heterocycles. The number of hydrogen-bond donors (Lipinski definition) is 1. The van der Waals surface area contributed by atoms with Crippen LogP contribution in [-0.2, 0) is 10.2 Å². The Kier molecular flexibility index (Phi) is 5.22. The minimum Gasteiger partial charge on any atom is -0.376 e. The second kappa shape index (κ2) is 6.73. The van der Waals surface area contributed by atoms with Gasteiger partial charge < -0.3 is 10.1 Å². The highest BCUT2D eigenvalue weighted by atomic mass is 16.5. The van der Waals surface area contributed by atoms with E-state index in [0.29, 0.717) is 12.1 Å². The van der Waals surface area contributed by atoms with Gasteiger partial charge in [-0.1, -0.05) is 52.0 Å². The predicted molar refractivity (Wildman–Crippen MR) is 85.2 cm³/mol. The minimum atomic E-state index is 0.217. The Morgan fingerprint density at radius 3 is 2.45 bits per heavy atom. The Balaban J connectivity index is 2.15. The summed E-state index contributed by atoms with van der Waals surface area (Å²) in [6.45, 7) is 10.9. The van der Waals surface area contributed by atoms with Gasteiger partial charge in [-0.25, -0.2) is 0 Å². The highest BCUT2D eigenvalue weighted by Gasteiger charge is 2.27. The topological polar surface area (TPSA) is 21.3 Å². The van der Waals surface area contributed by atoms with Crippen molar-refractivity contribution in [1.29, 1.82) is 0 Å². The summed E-state index contributed by atoms with van der Waals surface area (Å²) in [6, 6.07) is 9.42. The van der Waals surface area contributed by atoms with E-state index >= 15 is 0 Å². The van der Waals surface area contributed by atoms with Crippen molar-refractivity contribution >= 4 is 0 Å². The summed E-state index contributed by atoms with van der Waals surface area (Å²) in [5.74, 6) is 0. The Hall–Kier alpha value is -0.860. The lowest BCUT2D eigenvalue weighted by molar-refractivity contribution is 0.0783. The summed E-state index contributed by atoms with van der Waals surface area (Å²) in [5.41, 5.74) is 2.97. The molecule has 1 N–H and O–H groups in total. The van der Waals surface area contributed by atoms with Gasteiger partial charge in [0.15, 0.2) is 0 Å². The van der Waals surface area contributed by atoms with Crippen LogP contribution in [0.1, 0.15) is 64.1 Å². The van der Waals surface area contributed by atoms with Crippen LogP contribution in [0, 0.1) is 0 Å². The van der Waals surface area contributed by atoms with Gasteiger partial charge in [0.2, 0.25) is 0 Å². The van der Waals surface area contributed by atoms with E-state index in [-0.39, 0.29) is 5.41 Å². The van der Waals surface area contributed by atoms with E-state index in [9.17, 15) is 0 Å². The van der Waals surface area contributed by atoms with Crippen LogP contribution >= 0.6 is 0 Å². The fraction of sp³-hybridized carbons (Fsp3) is 0.667. The first-order chi connectivity index (χ1) is 9.52. The molecule has 1 fully saturated rings. The molecular weight excluding hydrogens is 246 g/mol. The molecule has 0 radical (unpaired) electrons. The number of benzene rings is 1. The van der Waals surface area contributed by atoms with E-state index in [0.717, 1.165) is 19.6 Å². The molecule has 0 spiro atoms. The third-order valence-corrected chi connectivity index (χ3v) is 4.09. The van der Waals surface area contributed by atoms with Gasteiger partial charge in [-0.2, -0.15) is 0 Å². The summed E-state index contributed by atoms with van der Waals surface area (Å²) in [4.78, 5) is 0. The SMILES string of the molecule is CCCNC(c1ccc(C(C)(C)C)cc1)C1CCCO1. The molecule has 1 aromatic carbocycles. The van der Waals surface area contributed by atoms with E-state index in [2.05, 4.69) is 57.3 Å². The zero-order chi connectivity index (χ0) is 14.6. The van der Waals surface area contributed by atoms with Crippen LogP contribution in [0.15, 0.2) is 24.3 Å². The Labute approximate surface area is 123 Å². The van der Waals surface area contributed by atoms with Crippen molar-refractivity contribution in [1.82, 2.24) is 5.32 Å². The van der Waals surface area contributed by atoms with Crippen molar-refractivity contribution in [2.75, 3.05) is 13.2 Å². The fourth-order valence-electron chi connectivity index (χ4n) is 2.82. The van der Waals surface area contributed by atoms with Crippen LogP contribution in [0.25, 0.3) is 0 Å². The van der Waals surface area contributed by atoms with Crippen LogP contribution < -0.4 is 5.32 Å². The summed E-state index contributed by atoms with van der Waals surface area (Å²) >= 11 is 0. The molecule has 1 heterocycles. The van der Waals surface area contributed by atoms with E-state index in [1.54, 1.807) is 0 Å². The van der Waals surface area contributed by atoms with Crippen molar-refractivity contribution < 1.29 is 4.74 Å². The third kappa shape index (κ3) is 3.83. The molecule has 1 aromatic rings. The molecule has 1 saturated heterocycles. The molecule has 2 unspecified atom stereocenters. The predicted octanol–water partition coefficient (Wildman–Crippen LogP) is 4.20. The van der Waals surface area contributed by atoms with E-state index in [1.165, 1.54) is 24.0 Å². The van der Waals surface area contributed by atoms with Gasteiger partial charge in [0.25, 0.3) is 0 Å². The fourth-order valence-corrected chi connectivity index (χ4v) is 2.82. The smallest absolute Gasteiger partial charge is 0.0770 e. The van der Waals surface area contributed by atoms with Gasteiger partial charge in [-0.15, -0.1) is 0 Å². The lowest BCUT2D eigenvalue weighted by atomic mass is 9.86. The molecule has 2 nitrogen and oxygen atoms in total. The summed E-state index contributed by atoms with van der Waals surface area (Å²) in [7, 11) is 0. The molecule has 0 aliphatic carbocycles. The molecular formula is C18H29NO. The summed E-state index contributed by atoms with van der Waals surface area (Å²) in [5, 5.41) is 3.66. The van der Waals surface area contributed by atoms with Crippen LogP contribution in [-0.4, -0.2) is 19.3 Å². The van der Waals surface area contributed by atoms with Crippen molar-refractivity contribution in [3.8, 4) is 0 Å². The molecule has 0 saturated carbocycles. The average molecular weight is 275 g/mol. The van der Waals surface area contributed by atoms with Gasteiger partial charge in [0.05, 0.1) is 12.1 Å². The molecule has 2 rings (SSSR count). The lowest BCUT2D eigenvalue weighted by Crippen LogP contribution is -2.32. The number of rotatable bonds is 5. The van der Waals surface area contributed by atoms with Crippen LogP contribution in [0.4, 0.5) is 0 Å². The van der Waals surface area contributed by atoms with E-state index < -0.39 is 0 Å². The number of hydrogen-bond acceptors (Lipinski definition) is 2. The molecule has 2 atom stereocenters. The second-order valence-corrected chi connectivity index (χ2v) is 6.86. The van der Waals surface area contributed by atoms with Crippen molar-refractivity contribution in [2.45, 2.75) is 64.5 Å². The van der Waals surface area contributed by atoms with Gasteiger partial charge in [-0.05, 0) is 42.3 Å². The Bertz CT molecular complexity index is 398.